The quantitative estimate of drug-likeness (QED) is 0.161. The lowest BCUT2D eigenvalue weighted by Crippen LogP contribution is -2.07. The first-order chi connectivity index (χ1) is 15.7. The maximum atomic E-state index is 13.6. The average Bonchev–Trinajstić information content (AvgIpc) is 2.81. The van der Waals surface area contributed by atoms with Crippen molar-refractivity contribution in [3.8, 4) is 0 Å². The fraction of sp³-hybridized carbons (Fsp3) is 0. The Hall–Kier alpha value is -4.44. The number of hydrogen-bond donors (Lipinski definition) is 0. The van der Waals surface area contributed by atoms with Gasteiger partial charge in [-0.15, -0.1) is 0 Å². The molecule has 0 aliphatic carbocycles. The Balaban J connectivity index is 1.92. The van der Waals surface area contributed by atoms with Crippen LogP contribution in [0, 0.1) is 0 Å². The Kier molecular flexibility index (Phi) is 2.66. The lowest BCUT2D eigenvalue weighted by atomic mass is 9.84. The monoisotopic (exact) mass is 412 g/mol. The summed E-state index contributed by atoms with van der Waals surface area (Å²) < 4.78 is 10.6. The highest BCUT2D eigenvalue weighted by Crippen LogP contribution is 2.46. The van der Waals surface area contributed by atoms with Crippen LogP contribution in [0.1, 0.15) is 0 Å². The van der Waals surface area contributed by atoms with Gasteiger partial charge in [-0.3, -0.25) is 18.7 Å². The molecule has 0 unspecified atom stereocenters. The molecule has 0 fully saturated rings. The lowest BCUT2D eigenvalue weighted by Gasteiger charge is -2.18. The zero-order valence-corrected chi connectivity index (χ0v) is 16.6. The molecule has 4 heteroatoms. The fourth-order valence-electron chi connectivity index (χ4n) is 5.64. The summed E-state index contributed by atoms with van der Waals surface area (Å²) in [6.07, 6.45) is 0. The normalized spacial score (nSPS) is 12.6. The van der Waals surface area contributed by atoms with Crippen LogP contribution in [0.3, 0.4) is 0 Å². The largest absolute Gasteiger partial charge is 0.289 e. The highest BCUT2D eigenvalue weighted by Gasteiger charge is 2.25. The molecular weight excluding hydrogens is 400 g/mol. The molecule has 0 atom stereocenters. The summed E-state index contributed by atoms with van der Waals surface area (Å²) in [6, 6.07) is 23.1. The highest BCUT2D eigenvalue weighted by molar-refractivity contribution is 6.43. The Bertz CT molecular complexity index is 2170. The van der Waals surface area contributed by atoms with Gasteiger partial charge in [0.05, 0.1) is 5.39 Å². The van der Waals surface area contributed by atoms with Crippen molar-refractivity contribution in [1.82, 2.24) is 0 Å². The Labute approximate surface area is 178 Å². The molecule has 1 aromatic heterocycles. The second-order valence-corrected chi connectivity index (χ2v) is 8.40. The van der Waals surface area contributed by atoms with Crippen molar-refractivity contribution >= 4 is 75.8 Å². The molecule has 4 nitrogen and oxygen atoms in total. The molecule has 32 heavy (non-hydrogen) atoms. The van der Waals surface area contributed by atoms with Crippen LogP contribution in [0.5, 0.6) is 0 Å². The van der Waals surface area contributed by atoms with E-state index in [1.54, 1.807) is 0 Å². The minimum Gasteiger partial charge on any atom is -0.289 e. The second-order valence-electron chi connectivity index (χ2n) is 8.40. The van der Waals surface area contributed by atoms with Crippen LogP contribution in [0.4, 0.5) is 0 Å². The van der Waals surface area contributed by atoms with Crippen LogP contribution in [0.2, 0.25) is 0 Å². The lowest BCUT2D eigenvalue weighted by molar-refractivity contribution is 0.0604. The maximum absolute atomic E-state index is 13.6. The van der Waals surface area contributed by atoms with Gasteiger partial charge in [-0.2, -0.15) is 0 Å². The van der Waals surface area contributed by atoms with Crippen LogP contribution < -0.4 is 10.9 Å². The molecule has 0 spiro atoms. The summed E-state index contributed by atoms with van der Waals surface area (Å²) in [6.45, 7) is 0. The Morgan fingerprint density at radius 3 is 1.69 bits per heavy atom. The van der Waals surface area contributed by atoms with Gasteiger partial charge in [-0.1, -0.05) is 66.7 Å². The van der Waals surface area contributed by atoms with Crippen LogP contribution in [-0.4, -0.2) is 0 Å². The van der Waals surface area contributed by atoms with Crippen molar-refractivity contribution in [2.24, 2.45) is 0 Å². The van der Waals surface area contributed by atoms with E-state index in [2.05, 4.69) is 0 Å². The first kappa shape index (κ1) is 16.3. The summed E-state index contributed by atoms with van der Waals surface area (Å²) in [5, 5.41) is 9.88. The SMILES string of the molecule is O=c1c2ccccc2c2c3cc4ooc4c4c(=O)c5ccccc5c(c5cccc1c52)c34. The maximum Gasteiger partial charge on any atom is 0.237 e. The third kappa shape index (κ3) is 1.65. The van der Waals surface area contributed by atoms with E-state index in [-0.39, 0.29) is 10.9 Å². The summed E-state index contributed by atoms with van der Waals surface area (Å²) >= 11 is 0. The van der Waals surface area contributed by atoms with Gasteiger partial charge in [0, 0.05) is 26.9 Å². The van der Waals surface area contributed by atoms with E-state index in [1.165, 1.54) is 0 Å². The molecular formula is C28H12O4. The van der Waals surface area contributed by atoms with Gasteiger partial charge in [0.1, 0.15) is 0 Å². The molecule has 0 bridgehead atoms. The first-order valence-electron chi connectivity index (χ1n) is 10.5. The van der Waals surface area contributed by atoms with Gasteiger partial charge in [-0.05, 0) is 38.4 Å². The van der Waals surface area contributed by atoms with E-state index >= 15 is 0 Å². The molecule has 0 saturated carbocycles. The minimum absolute atomic E-state index is 0.0224. The summed E-state index contributed by atoms with van der Waals surface area (Å²) in [4.78, 5) is 27.1. The van der Waals surface area contributed by atoms with Gasteiger partial charge in [0.2, 0.25) is 11.2 Å². The summed E-state index contributed by atoms with van der Waals surface area (Å²) in [5.41, 5.74) is 0.991. The summed E-state index contributed by atoms with van der Waals surface area (Å²) in [7, 11) is 0. The van der Waals surface area contributed by atoms with E-state index in [9.17, 15) is 9.59 Å². The molecule has 0 radical (unpaired) electrons. The molecule has 7 aromatic carbocycles. The van der Waals surface area contributed by atoms with Crippen LogP contribution in [-0.2, 0) is 0 Å². The minimum atomic E-state index is -0.0684. The van der Waals surface area contributed by atoms with E-state index in [0.29, 0.717) is 32.7 Å². The standard InChI is InChI=1S/C28H12O4/c29-26-15-8-3-1-6-13(15)22-19-12-20-28(32-31-20)25-24(19)21(17-10-5-11-18(26)23(17)22)14-7-2-4-9-16(14)27(25)30/h1-12H. The van der Waals surface area contributed by atoms with Gasteiger partial charge < -0.3 is 0 Å². The molecule has 0 aliphatic heterocycles. The highest BCUT2D eigenvalue weighted by atomic mass is 17.0. The van der Waals surface area contributed by atoms with E-state index in [0.717, 1.165) is 43.1 Å². The summed E-state index contributed by atoms with van der Waals surface area (Å²) in [5.74, 6) is 0. The third-order valence-corrected chi connectivity index (χ3v) is 6.92. The van der Waals surface area contributed by atoms with E-state index < -0.39 is 0 Å². The third-order valence-electron chi connectivity index (χ3n) is 6.92. The zero-order chi connectivity index (χ0) is 21.1. The van der Waals surface area contributed by atoms with Gasteiger partial charge >= 0.3 is 0 Å². The number of fused-ring (bicyclic) bond motifs is 8. The molecule has 8 rings (SSSR count). The molecule has 0 saturated heterocycles. The van der Waals surface area contributed by atoms with Crippen LogP contribution >= 0.6 is 0 Å². The number of hydrogen-bond acceptors (Lipinski definition) is 4. The first-order valence-corrected chi connectivity index (χ1v) is 10.5. The molecule has 1 heterocycles. The topological polar surface area (TPSA) is 60.4 Å². The Morgan fingerprint density at radius 1 is 0.438 bits per heavy atom. The van der Waals surface area contributed by atoms with Gasteiger partial charge in [0.15, 0.2) is 10.9 Å². The zero-order valence-electron chi connectivity index (χ0n) is 16.6. The molecule has 148 valence electrons. The predicted octanol–water partition coefficient (Wildman–Crippen LogP) is 6.54. The molecule has 8 aromatic rings. The predicted molar refractivity (Wildman–Crippen MR) is 128 cm³/mol. The van der Waals surface area contributed by atoms with Crippen molar-refractivity contribution in [1.29, 1.82) is 0 Å². The molecule has 0 aliphatic rings. The number of rotatable bonds is 0. The smallest absolute Gasteiger partial charge is 0.237 e. The van der Waals surface area contributed by atoms with Crippen LogP contribution in [0.15, 0.2) is 91.5 Å². The van der Waals surface area contributed by atoms with Crippen molar-refractivity contribution < 1.29 is 9.15 Å². The second kappa shape index (κ2) is 5.24. The molecule has 0 N–H and O–H groups in total. The van der Waals surface area contributed by atoms with E-state index in [4.69, 9.17) is 9.15 Å². The average molecular weight is 412 g/mol. The van der Waals surface area contributed by atoms with Gasteiger partial charge in [0.25, 0.3) is 0 Å². The fourth-order valence-corrected chi connectivity index (χ4v) is 5.64. The Morgan fingerprint density at radius 2 is 1.00 bits per heavy atom. The van der Waals surface area contributed by atoms with Crippen molar-refractivity contribution in [3.05, 3.63) is 93.2 Å². The van der Waals surface area contributed by atoms with Crippen molar-refractivity contribution in [2.45, 2.75) is 0 Å². The number of benzene rings is 7. The molecule has 0 amide bonds. The van der Waals surface area contributed by atoms with Crippen molar-refractivity contribution in [3.63, 3.8) is 0 Å². The van der Waals surface area contributed by atoms with Crippen LogP contribution in [0.25, 0.3) is 75.8 Å². The van der Waals surface area contributed by atoms with Crippen molar-refractivity contribution in [2.75, 3.05) is 0 Å². The van der Waals surface area contributed by atoms with Gasteiger partial charge in [-0.25, -0.2) is 0 Å². The van der Waals surface area contributed by atoms with E-state index in [1.807, 2.05) is 72.8 Å².